The third-order valence-corrected chi connectivity index (χ3v) is 2.41. The zero-order valence-electron chi connectivity index (χ0n) is 10.1. The molecule has 0 bridgehead atoms. The minimum Gasteiger partial charge on any atom is -0.392 e. The Labute approximate surface area is 92.7 Å². The van der Waals surface area contributed by atoms with E-state index in [0.29, 0.717) is 6.42 Å². The maximum atomic E-state index is 10.9. The Morgan fingerprint density at radius 3 is 2.73 bits per heavy atom. The van der Waals surface area contributed by atoms with Crippen molar-refractivity contribution < 1.29 is 9.90 Å². The molecule has 0 saturated carbocycles. The number of piperidine rings is 1. The van der Waals surface area contributed by atoms with E-state index >= 15 is 0 Å². The summed E-state index contributed by atoms with van der Waals surface area (Å²) in [7, 11) is 1.65. The summed E-state index contributed by atoms with van der Waals surface area (Å²) in [6.07, 6.45) is 2.27. The first-order valence-corrected chi connectivity index (χ1v) is 5.83. The molecular formula is C11H24N2O2. The van der Waals surface area contributed by atoms with Crippen LogP contribution >= 0.6 is 0 Å². The summed E-state index contributed by atoms with van der Waals surface area (Å²) in [5.41, 5.74) is 0. The molecule has 1 rings (SSSR count). The topological polar surface area (TPSA) is 52.6 Å². The SMILES string of the molecule is CC.CNC(=O)CCN1CCCC(O)C1. The molecule has 1 heterocycles. The first kappa shape index (κ1) is 14.4. The van der Waals surface area contributed by atoms with Crippen molar-refractivity contribution in [2.75, 3.05) is 26.7 Å². The minimum atomic E-state index is -0.196. The standard InChI is InChI=1S/C9H18N2O2.C2H6/c1-10-9(13)4-6-11-5-2-3-8(12)7-11;1-2/h8,12H,2-7H2,1H3,(H,10,13);1-2H3. The number of aliphatic hydroxyl groups excluding tert-OH is 1. The number of carbonyl (C=O) groups is 1. The molecule has 0 spiro atoms. The minimum absolute atomic E-state index is 0.0695. The maximum absolute atomic E-state index is 10.9. The zero-order chi connectivity index (χ0) is 11.7. The van der Waals surface area contributed by atoms with Gasteiger partial charge in [-0.3, -0.25) is 4.79 Å². The lowest BCUT2D eigenvalue weighted by atomic mass is 10.1. The van der Waals surface area contributed by atoms with Crippen LogP contribution in [0.2, 0.25) is 0 Å². The van der Waals surface area contributed by atoms with Gasteiger partial charge in [0.1, 0.15) is 0 Å². The maximum Gasteiger partial charge on any atom is 0.221 e. The van der Waals surface area contributed by atoms with Crippen molar-refractivity contribution in [2.24, 2.45) is 0 Å². The van der Waals surface area contributed by atoms with E-state index in [-0.39, 0.29) is 12.0 Å². The molecular weight excluding hydrogens is 192 g/mol. The Morgan fingerprint density at radius 1 is 1.53 bits per heavy atom. The number of aliphatic hydroxyl groups is 1. The number of carbonyl (C=O) groups excluding carboxylic acids is 1. The smallest absolute Gasteiger partial charge is 0.221 e. The van der Waals surface area contributed by atoms with Crippen molar-refractivity contribution in [3.63, 3.8) is 0 Å². The monoisotopic (exact) mass is 216 g/mol. The average molecular weight is 216 g/mol. The molecule has 1 atom stereocenters. The molecule has 15 heavy (non-hydrogen) atoms. The summed E-state index contributed by atoms with van der Waals surface area (Å²) in [5, 5.41) is 11.9. The first-order chi connectivity index (χ1) is 7.22. The fourth-order valence-electron chi connectivity index (χ4n) is 1.62. The van der Waals surface area contributed by atoms with Gasteiger partial charge in [0.05, 0.1) is 6.10 Å². The van der Waals surface area contributed by atoms with Crippen molar-refractivity contribution in [1.82, 2.24) is 10.2 Å². The van der Waals surface area contributed by atoms with E-state index in [0.717, 1.165) is 32.5 Å². The molecule has 4 nitrogen and oxygen atoms in total. The molecule has 0 aromatic rings. The van der Waals surface area contributed by atoms with Crippen molar-refractivity contribution in [1.29, 1.82) is 0 Å². The molecule has 0 aliphatic carbocycles. The molecule has 0 radical (unpaired) electrons. The zero-order valence-corrected chi connectivity index (χ0v) is 10.1. The summed E-state index contributed by atoms with van der Waals surface area (Å²) in [5.74, 6) is 0.0695. The second-order valence-corrected chi connectivity index (χ2v) is 3.52. The first-order valence-electron chi connectivity index (χ1n) is 5.83. The fourth-order valence-corrected chi connectivity index (χ4v) is 1.62. The van der Waals surface area contributed by atoms with Gasteiger partial charge in [0, 0.05) is 26.6 Å². The van der Waals surface area contributed by atoms with Crippen LogP contribution in [0, 0.1) is 0 Å². The highest BCUT2D eigenvalue weighted by Crippen LogP contribution is 2.09. The van der Waals surface area contributed by atoms with Gasteiger partial charge < -0.3 is 15.3 Å². The van der Waals surface area contributed by atoms with Crippen LogP contribution in [0.3, 0.4) is 0 Å². The van der Waals surface area contributed by atoms with E-state index in [1.807, 2.05) is 13.8 Å². The third kappa shape index (κ3) is 6.47. The average Bonchev–Trinajstić information content (AvgIpc) is 2.29. The van der Waals surface area contributed by atoms with Gasteiger partial charge in [-0.1, -0.05) is 13.8 Å². The van der Waals surface area contributed by atoms with Crippen LogP contribution in [0.4, 0.5) is 0 Å². The molecule has 1 aliphatic heterocycles. The molecule has 2 N–H and O–H groups in total. The molecule has 90 valence electrons. The highest BCUT2D eigenvalue weighted by Gasteiger charge is 2.17. The number of likely N-dealkylation sites (tertiary alicyclic amines) is 1. The second-order valence-electron chi connectivity index (χ2n) is 3.52. The van der Waals surface area contributed by atoms with Crippen LogP contribution in [-0.4, -0.2) is 48.7 Å². The van der Waals surface area contributed by atoms with Gasteiger partial charge in [-0.05, 0) is 19.4 Å². The van der Waals surface area contributed by atoms with E-state index in [4.69, 9.17) is 0 Å². The van der Waals surface area contributed by atoms with Crippen molar-refractivity contribution in [2.45, 2.75) is 39.2 Å². The molecule has 0 aromatic heterocycles. The summed E-state index contributed by atoms with van der Waals surface area (Å²) in [6.45, 7) is 6.49. The largest absolute Gasteiger partial charge is 0.392 e. The molecule has 1 fully saturated rings. The number of hydrogen-bond donors (Lipinski definition) is 2. The lowest BCUT2D eigenvalue weighted by Gasteiger charge is -2.29. The highest BCUT2D eigenvalue weighted by molar-refractivity contribution is 5.75. The molecule has 0 aromatic carbocycles. The van der Waals surface area contributed by atoms with Gasteiger partial charge in [-0.25, -0.2) is 0 Å². The van der Waals surface area contributed by atoms with Crippen LogP contribution in [-0.2, 0) is 4.79 Å². The van der Waals surface area contributed by atoms with Gasteiger partial charge in [-0.15, -0.1) is 0 Å². The molecule has 4 heteroatoms. The van der Waals surface area contributed by atoms with E-state index in [2.05, 4.69) is 10.2 Å². The number of β-amino-alcohol motifs (C(OH)–C–C–N with tert-alkyl or cyclic N) is 1. The van der Waals surface area contributed by atoms with E-state index in [1.165, 1.54) is 0 Å². The molecule has 1 aliphatic rings. The van der Waals surface area contributed by atoms with Crippen LogP contribution in [0.15, 0.2) is 0 Å². The predicted molar refractivity (Wildman–Crippen MR) is 61.7 cm³/mol. The molecule has 1 unspecified atom stereocenters. The van der Waals surface area contributed by atoms with Crippen LogP contribution in [0.5, 0.6) is 0 Å². The Balaban J connectivity index is 0.000000921. The van der Waals surface area contributed by atoms with Crippen molar-refractivity contribution in [3.8, 4) is 0 Å². The quantitative estimate of drug-likeness (QED) is 0.726. The third-order valence-electron chi connectivity index (χ3n) is 2.41. The lowest BCUT2D eigenvalue weighted by molar-refractivity contribution is -0.121. The molecule has 1 saturated heterocycles. The van der Waals surface area contributed by atoms with Crippen molar-refractivity contribution >= 4 is 5.91 Å². The number of amides is 1. The summed E-state index contributed by atoms with van der Waals surface area (Å²) < 4.78 is 0. The summed E-state index contributed by atoms with van der Waals surface area (Å²) in [4.78, 5) is 13.1. The summed E-state index contributed by atoms with van der Waals surface area (Å²) in [6, 6.07) is 0. The van der Waals surface area contributed by atoms with E-state index in [9.17, 15) is 9.90 Å². The van der Waals surface area contributed by atoms with Crippen molar-refractivity contribution in [3.05, 3.63) is 0 Å². The molecule has 1 amide bonds. The Kier molecular flexibility index (Phi) is 8.33. The number of nitrogens with one attached hydrogen (secondary N) is 1. The summed E-state index contributed by atoms with van der Waals surface area (Å²) >= 11 is 0. The van der Waals surface area contributed by atoms with E-state index in [1.54, 1.807) is 7.05 Å². The lowest BCUT2D eigenvalue weighted by Crippen LogP contribution is -2.40. The van der Waals surface area contributed by atoms with E-state index < -0.39 is 0 Å². The predicted octanol–water partition coefficient (Wildman–Crippen LogP) is 0.605. The number of hydrogen-bond acceptors (Lipinski definition) is 3. The fraction of sp³-hybridized carbons (Fsp3) is 0.909. The number of nitrogens with zero attached hydrogens (tertiary/aromatic N) is 1. The Bertz CT molecular complexity index is 174. The Morgan fingerprint density at radius 2 is 2.20 bits per heavy atom. The van der Waals surface area contributed by atoms with Crippen LogP contribution in [0.25, 0.3) is 0 Å². The van der Waals surface area contributed by atoms with Crippen LogP contribution < -0.4 is 5.32 Å². The van der Waals surface area contributed by atoms with Gasteiger partial charge in [0.2, 0.25) is 5.91 Å². The van der Waals surface area contributed by atoms with Gasteiger partial charge in [-0.2, -0.15) is 0 Å². The Hall–Kier alpha value is -0.610. The van der Waals surface area contributed by atoms with Gasteiger partial charge in [0.15, 0.2) is 0 Å². The van der Waals surface area contributed by atoms with Gasteiger partial charge >= 0.3 is 0 Å². The highest BCUT2D eigenvalue weighted by atomic mass is 16.3. The van der Waals surface area contributed by atoms with Gasteiger partial charge in [0.25, 0.3) is 0 Å². The van der Waals surface area contributed by atoms with Crippen LogP contribution in [0.1, 0.15) is 33.1 Å². The number of rotatable bonds is 3. The normalized spacial score (nSPS) is 21.5. The second kappa shape index (κ2) is 8.68.